The van der Waals surface area contributed by atoms with Crippen molar-refractivity contribution < 1.29 is 14.2 Å². The third-order valence-corrected chi connectivity index (χ3v) is 1.37. The standard InChI is InChI=1S/C4H10NO3PS/c1-7-4(10)5-2-3-8-9-6/h6,9H,2-3H2,1H3,(H,5,10). The van der Waals surface area contributed by atoms with Crippen LogP contribution >= 0.6 is 21.3 Å². The van der Waals surface area contributed by atoms with Crippen molar-refractivity contribution in [3.63, 3.8) is 0 Å². The normalized spacial score (nSPS) is 10.2. The van der Waals surface area contributed by atoms with Gasteiger partial charge in [0.1, 0.15) is 0 Å². The van der Waals surface area contributed by atoms with E-state index in [4.69, 9.17) is 4.89 Å². The lowest BCUT2D eigenvalue weighted by Crippen LogP contribution is -2.25. The summed E-state index contributed by atoms with van der Waals surface area (Å²) in [5, 5.41) is 3.08. The van der Waals surface area contributed by atoms with E-state index in [1.807, 2.05) is 0 Å². The molecule has 0 aromatic carbocycles. The van der Waals surface area contributed by atoms with E-state index in [1.165, 1.54) is 7.11 Å². The summed E-state index contributed by atoms with van der Waals surface area (Å²) >= 11 is 4.66. The SMILES string of the molecule is COC(=S)NCCOPO. The molecular formula is C4H10NO3PS. The van der Waals surface area contributed by atoms with Crippen LogP contribution < -0.4 is 5.32 Å². The minimum absolute atomic E-state index is 0.338. The molecular weight excluding hydrogens is 173 g/mol. The molecule has 0 saturated carbocycles. The number of ether oxygens (including phenoxy) is 1. The Morgan fingerprint density at radius 3 is 3.00 bits per heavy atom. The molecule has 0 amide bonds. The number of nitrogens with one attached hydrogen (secondary N) is 1. The molecule has 0 aliphatic heterocycles. The molecule has 0 heterocycles. The highest BCUT2D eigenvalue weighted by Crippen LogP contribution is 2.00. The van der Waals surface area contributed by atoms with Crippen LogP contribution in [-0.2, 0) is 9.26 Å². The van der Waals surface area contributed by atoms with Gasteiger partial charge >= 0.3 is 0 Å². The zero-order valence-corrected chi connectivity index (χ0v) is 7.40. The molecule has 2 N–H and O–H groups in total. The van der Waals surface area contributed by atoms with Crippen LogP contribution in [0.25, 0.3) is 0 Å². The molecule has 0 saturated heterocycles. The third kappa shape index (κ3) is 6.16. The lowest BCUT2D eigenvalue weighted by Gasteiger charge is -2.04. The van der Waals surface area contributed by atoms with E-state index in [-0.39, 0.29) is 0 Å². The molecule has 0 aromatic rings. The van der Waals surface area contributed by atoms with Gasteiger partial charge in [-0.2, -0.15) is 0 Å². The highest BCUT2D eigenvalue weighted by Gasteiger charge is 1.90. The first kappa shape index (κ1) is 10.0. The number of methoxy groups -OCH3 is 1. The van der Waals surface area contributed by atoms with Gasteiger partial charge < -0.3 is 19.5 Å². The van der Waals surface area contributed by atoms with E-state index < -0.39 is 9.03 Å². The van der Waals surface area contributed by atoms with Gasteiger partial charge in [0.25, 0.3) is 5.17 Å². The van der Waals surface area contributed by atoms with Crippen LogP contribution in [0, 0.1) is 0 Å². The van der Waals surface area contributed by atoms with Crippen molar-refractivity contribution in [3.8, 4) is 0 Å². The molecule has 0 rings (SSSR count). The Morgan fingerprint density at radius 2 is 2.50 bits per heavy atom. The first-order chi connectivity index (χ1) is 4.81. The summed E-state index contributed by atoms with van der Waals surface area (Å²) in [6, 6.07) is 0. The predicted octanol–water partition coefficient (Wildman–Crippen LogP) is 0.0247. The van der Waals surface area contributed by atoms with Crippen LogP contribution in [0.4, 0.5) is 0 Å². The molecule has 1 unspecified atom stereocenters. The zero-order chi connectivity index (χ0) is 7.82. The Morgan fingerprint density at radius 1 is 1.80 bits per heavy atom. The Labute approximate surface area is 66.9 Å². The van der Waals surface area contributed by atoms with Crippen LogP contribution in [0.3, 0.4) is 0 Å². The number of hydrogen-bond acceptors (Lipinski definition) is 4. The predicted molar refractivity (Wildman–Crippen MR) is 44.1 cm³/mol. The van der Waals surface area contributed by atoms with Crippen molar-refractivity contribution in [3.05, 3.63) is 0 Å². The Balaban J connectivity index is 2.96. The number of hydrogen-bond donors (Lipinski definition) is 2. The smallest absolute Gasteiger partial charge is 0.256 e. The van der Waals surface area contributed by atoms with E-state index in [0.717, 1.165) is 0 Å². The fourth-order valence-corrected chi connectivity index (χ4v) is 0.617. The second-order valence-corrected chi connectivity index (χ2v) is 2.20. The lowest BCUT2D eigenvalue weighted by molar-refractivity contribution is 0.322. The van der Waals surface area contributed by atoms with E-state index in [1.54, 1.807) is 0 Å². The minimum atomic E-state index is -0.462. The van der Waals surface area contributed by atoms with Crippen LogP contribution in [0.15, 0.2) is 0 Å². The molecule has 60 valence electrons. The zero-order valence-electron chi connectivity index (χ0n) is 5.59. The van der Waals surface area contributed by atoms with Gasteiger partial charge in [0.15, 0.2) is 9.03 Å². The van der Waals surface area contributed by atoms with Gasteiger partial charge in [0, 0.05) is 6.54 Å². The number of rotatable bonds is 4. The summed E-state index contributed by atoms with van der Waals surface area (Å²) in [7, 11) is 1.03. The van der Waals surface area contributed by atoms with Crippen molar-refractivity contribution in [2.45, 2.75) is 0 Å². The molecule has 1 atom stereocenters. The Bertz CT molecular complexity index is 103. The van der Waals surface area contributed by atoms with E-state index in [0.29, 0.717) is 18.3 Å². The molecule has 0 aliphatic rings. The van der Waals surface area contributed by atoms with Gasteiger partial charge in [0.2, 0.25) is 0 Å². The fourth-order valence-electron chi connectivity index (χ4n) is 0.322. The maximum absolute atomic E-state index is 8.20. The van der Waals surface area contributed by atoms with E-state index in [2.05, 4.69) is 26.8 Å². The van der Waals surface area contributed by atoms with Crippen molar-refractivity contribution in [2.24, 2.45) is 0 Å². The molecule has 6 heteroatoms. The number of thiocarbonyl (C=S) groups is 1. The highest BCUT2D eigenvalue weighted by molar-refractivity contribution is 7.80. The van der Waals surface area contributed by atoms with Gasteiger partial charge in [-0.25, -0.2) is 0 Å². The Kier molecular flexibility index (Phi) is 7.18. The molecule has 0 spiro atoms. The van der Waals surface area contributed by atoms with Crippen LogP contribution in [0.1, 0.15) is 0 Å². The molecule has 0 bridgehead atoms. The van der Waals surface area contributed by atoms with E-state index >= 15 is 0 Å². The van der Waals surface area contributed by atoms with E-state index in [9.17, 15) is 0 Å². The second-order valence-electron chi connectivity index (χ2n) is 1.36. The van der Waals surface area contributed by atoms with Crippen LogP contribution in [-0.4, -0.2) is 30.3 Å². The monoisotopic (exact) mass is 183 g/mol. The summed E-state index contributed by atoms with van der Waals surface area (Å²) < 4.78 is 9.27. The highest BCUT2D eigenvalue weighted by atomic mass is 32.1. The summed E-state index contributed by atoms with van der Waals surface area (Å²) in [6.45, 7) is 0.985. The molecule has 0 aliphatic carbocycles. The summed E-state index contributed by atoms with van der Waals surface area (Å²) in [5.74, 6) is 0. The fraction of sp³-hybridized carbons (Fsp3) is 0.750. The first-order valence-electron chi connectivity index (χ1n) is 2.64. The van der Waals surface area contributed by atoms with Crippen molar-refractivity contribution in [1.29, 1.82) is 0 Å². The maximum Gasteiger partial charge on any atom is 0.256 e. The lowest BCUT2D eigenvalue weighted by atomic mass is 10.7. The topological polar surface area (TPSA) is 50.7 Å². The molecule has 0 radical (unpaired) electrons. The van der Waals surface area contributed by atoms with Crippen molar-refractivity contribution >= 4 is 26.4 Å². The average Bonchev–Trinajstić information content (AvgIpc) is 1.98. The van der Waals surface area contributed by atoms with Gasteiger partial charge in [-0.3, -0.25) is 0 Å². The van der Waals surface area contributed by atoms with Crippen molar-refractivity contribution in [1.82, 2.24) is 5.32 Å². The minimum Gasteiger partial charge on any atom is -0.474 e. The van der Waals surface area contributed by atoms with Gasteiger partial charge in [-0.1, -0.05) is 0 Å². The summed E-state index contributed by atoms with van der Waals surface area (Å²) in [5.41, 5.74) is 0. The summed E-state index contributed by atoms with van der Waals surface area (Å²) in [4.78, 5) is 8.20. The van der Waals surface area contributed by atoms with Gasteiger partial charge in [0.05, 0.1) is 13.7 Å². The second kappa shape index (κ2) is 7.15. The molecule has 10 heavy (non-hydrogen) atoms. The molecule has 0 aromatic heterocycles. The third-order valence-electron chi connectivity index (χ3n) is 0.723. The van der Waals surface area contributed by atoms with Gasteiger partial charge in [-0.15, -0.1) is 0 Å². The van der Waals surface area contributed by atoms with Crippen LogP contribution in [0.2, 0.25) is 0 Å². The first-order valence-corrected chi connectivity index (χ1v) is 3.90. The van der Waals surface area contributed by atoms with Crippen molar-refractivity contribution in [2.75, 3.05) is 20.3 Å². The largest absolute Gasteiger partial charge is 0.474 e. The van der Waals surface area contributed by atoms with Gasteiger partial charge in [-0.05, 0) is 12.2 Å². The molecule has 4 nitrogen and oxygen atoms in total. The quantitative estimate of drug-likeness (QED) is 0.365. The average molecular weight is 183 g/mol. The summed E-state index contributed by atoms with van der Waals surface area (Å²) in [6.07, 6.45) is 0. The van der Waals surface area contributed by atoms with Crippen LogP contribution in [0.5, 0.6) is 0 Å². The molecule has 0 fully saturated rings. The Hall–Kier alpha value is 0.0400. The maximum atomic E-state index is 8.20.